The van der Waals surface area contributed by atoms with Gasteiger partial charge in [0.1, 0.15) is 11.5 Å². The van der Waals surface area contributed by atoms with Crippen LogP contribution in [-0.4, -0.2) is 12.1 Å². The van der Waals surface area contributed by atoms with Gasteiger partial charge < -0.3 is 4.74 Å². The molecule has 1 aliphatic rings. The van der Waals surface area contributed by atoms with Crippen molar-refractivity contribution in [3.63, 3.8) is 0 Å². The molecule has 1 amide bonds. The maximum Gasteiger partial charge on any atom is 0.252 e. The Kier molecular flexibility index (Phi) is 4.42. The van der Waals surface area contributed by atoms with Gasteiger partial charge in [-0.3, -0.25) is 4.79 Å². The number of hydrogen-bond acceptors (Lipinski definition) is 3. The summed E-state index contributed by atoms with van der Waals surface area (Å²) in [5.74, 6) is 0.693. The molecule has 0 atom stereocenters. The lowest BCUT2D eigenvalue weighted by Crippen LogP contribution is -2.28. The van der Waals surface area contributed by atoms with Crippen molar-refractivity contribution in [2.75, 3.05) is 0 Å². The number of amides is 1. The van der Waals surface area contributed by atoms with E-state index in [2.05, 4.69) is 10.5 Å². The van der Waals surface area contributed by atoms with E-state index in [0.717, 1.165) is 16.7 Å². The van der Waals surface area contributed by atoms with E-state index >= 15 is 0 Å². The van der Waals surface area contributed by atoms with Crippen LogP contribution in [0.5, 0.6) is 11.5 Å². The number of benzene rings is 3. The Hall–Kier alpha value is -3.11. The number of hydrogen-bond donors (Lipinski definition) is 1. The molecule has 0 aliphatic carbocycles. The average molecular weight is 363 g/mol. The monoisotopic (exact) mass is 362 g/mol. The molecule has 5 heteroatoms. The second kappa shape index (κ2) is 7.02. The van der Waals surface area contributed by atoms with Crippen molar-refractivity contribution in [1.29, 1.82) is 0 Å². The van der Waals surface area contributed by atoms with E-state index in [1.54, 1.807) is 18.3 Å². The minimum absolute atomic E-state index is 0.210. The maximum absolute atomic E-state index is 12.9. The molecule has 0 radical (unpaired) electrons. The highest BCUT2D eigenvalue weighted by Crippen LogP contribution is 2.43. The van der Waals surface area contributed by atoms with E-state index < -0.39 is 5.92 Å². The van der Waals surface area contributed by atoms with Crippen LogP contribution in [-0.2, 0) is 4.79 Å². The molecule has 0 aromatic heterocycles. The second-order valence-electron chi connectivity index (χ2n) is 5.90. The lowest BCUT2D eigenvalue weighted by molar-refractivity contribution is -0.121. The Morgan fingerprint density at radius 1 is 0.923 bits per heavy atom. The van der Waals surface area contributed by atoms with Gasteiger partial charge in [-0.2, -0.15) is 5.10 Å². The number of hydrazone groups is 1. The van der Waals surface area contributed by atoms with Crippen LogP contribution in [0.2, 0.25) is 5.02 Å². The molecule has 4 nitrogen and oxygen atoms in total. The van der Waals surface area contributed by atoms with Crippen LogP contribution in [0.3, 0.4) is 0 Å². The molecule has 3 aromatic rings. The predicted molar refractivity (Wildman–Crippen MR) is 102 cm³/mol. The molecule has 1 N–H and O–H groups in total. The molecule has 128 valence electrons. The third kappa shape index (κ3) is 3.19. The van der Waals surface area contributed by atoms with E-state index in [-0.39, 0.29) is 5.91 Å². The Bertz CT molecular complexity index is 938. The summed E-state index contributed by atoms with van der Waals surface area (Å²) in [6, 6.07) is 22.3. The van der Waals surface area contributed by atoms with Gasteiger partial charge >= 0.3 is 0 Å². The largest absolute Gasteiger partial charge is 0.457 e. The average Bonchev–Trinajstić information content (AvgIpc) is 2.67. The molecule has 3 aromatic carbocycles. The van der Waals surface area contributed by atoms with E-state index in [0.29, 0.717) is 16.5 Å². The molecule has 0 saturated carbocycles. The molecular weight excluding hydrogens is 348 g/mol. The Morgan fingerprint density at radius 2 is 1.50 bits per heavy atom. The summed E-state index contributed by atoms with van der Waals surface area (Å²) in [7, 11) is 0. The molecule has 0 unspecified atom stereocenters. The molecule has 0 spiro atoms. The first-order valence-corrected chi connectivity index (χ1v) is 8.54. The quantitative estimate of drug-likeness (QED) is 0.541. The summed E-state index contributed by atoms with van der Waals surface area (Å²) in [5, 5.41) is 4.74. The molecule has 1 aliphatic heterocycles. The van der Waals surface area contributed by atoms with Crippen LogP contribution in [0.1, 0.15) is 22.6 Å². The van der Waals surface area contributed by atoms with E-state index in [1.165, 1.54) is 0 Å². The zero-order valence-corrected chi connectivity index (χ0v) is 14.5. The number of ether oxygens (including phenoxy) is 1. The van der Waals surface area contributed by atoms with Gasteiger partial charge in [0.05, 0.1) is 12.1 Å². The number of nitrogens with one attached hydrogen (secondary N) is 1. The van der Waals surface area contributed by atoms with Crippen LogP contribution >= 0.6 is 11.6 Å². The van der Waals surface area contributed by atoms with Gasteiger partial charge in [-0.15, -0.1) is 0 Å². The SMILES string of the molecule is O=C(NN=Cc1ccc(Cl)cc1)C1c2ccccc2Oc2ccccc21. The molecule has 0 fully saturated rings. The minimum Gasteiger partial charge on any atom is -0.457 e. The van der Waals surface area contributed by atoms with Gasteiger partial charge in [-0.25, -0.2) is 5.43 Å². The first kappa shape index (κ1) is 16.4. The fourth-order valence-electron chi connectivity index (χ4n) is 2.98. The zero-order valence-electron chi connectivity index (χ0n) is 13.7. The highest BCUT2D eigenvalue weighted by atomic mass is 35.5. The molecule has 26 heavy (non-hydrogen) atoms. The maximum atomic E-state index is 12.9. The summed E-state index contributed by atoms with van der Waals surface area (Å²) in [4.78, 5) is 12.9. The van der Waals surface area contributed by atoms with Crippen molar-refractivity contribution < 1.29 is 9.53 Å². The highest BCUT2D eigenvalue weighted by Gasteiger charge is 2.32. The number of rotatable bonds is 3. The smallest absolute Gasteiger partial charge is 0.252 e. The van der Waals surface area contributed by atoms with Gasteiger partial charge in [0.25, 0.3) is 5.91 Å². The topological polar surface area (TPSA) is 50.7 Å². The molecule has 0 saturated heterocycles. The molecule has 4 rings (SSSR count). The van der Waals surface area contributed by atoms with Crippen LogP contribution in [0, 0.1) is 0 Å². The van der Waals surface area contributed by atoms with Crippen molar-refractivity contribution in [3.05, 3.63) is 94.5 Å². The van der Waals surface area contributed by atoms with Crippen LogP contribution in [0.25, 0.3) is 0 Å². The number of fused-ring (bicyclic) bond motifs is 2. The predicted octanol–water partition coefficient (Wildman–Crippen LogP) is 4.73. The third-order valence-electron chi connectivity index (χ3n) is 4.20. The normalized spacial score (nSPS) is 13.0. The van der Waals surface area contributed by atoms with Gasteiger partial charge in [0.2, 0.25) is 0 Å². The highest BCUT2D eigenvalue weighted by molar-refractivity contribution is 6.30. The Labute approximate surface area is 156 Å². The summed E-state index contributed by atoms with van der Waals surface area (Å²) in [5.41, 5.74) is 5.14. The van der Waals surface area contributed by atoms with Crippen LogP contribution in [0.15, 0.2) is 77.9 Å². The van der Waals surface area contributed by atoms with Crippen molar-refractivity contribution in [2.45, 2.75) is 5.92 Å². The van der Waals surface area contributed by atoms with Gasteiger partial charge in [-0.05, 0) is 29.8 Å². The number of nitrogens with zero attached hydrogens (tertiary/aromatic N) is 1. The zero-order chi connectivity index (χ0) is 17.9. The number of carbonyl (C=O) groups excluding carboxylic acids is 1. The second-order valence-corrected chi connectivity index (χ2v) is 6.33. The van der Waals surface area contributed by atoms with E-state index in [9.17, 15) is 4.79 Å². The third-order valence-corrected chi connectivity index (χ3v) is 4.45. The Morgan fingerprint density at radius 3 is 2.12 bits per heavy atom. The number of carbonyl (C=O) groups is 1. The van der Waals surface area contributed by atoms with Crippen molar-refractivity contribution in [3.8, 4) is 11.5 Å². The molecule has 0 bridgehead atoms. The molecule has 1 heterocycles. The first-order chi connectivity index (χ1) is 12.7. The lowest BCUT2D eigenvalue weighted by Gasteiger charge is -2.26. The van der Waals surface area contributed by atoms with Crippen LogP contribution in [0.4, 0.5) is 0 Å². The van der Waals surface area contributed by atoms with Crippen molar-refractivity contribution in [2.24, 2.45) is 5.10 Å². The fraction of sp³-hybridized carbons (Fsp3) is 0.0476. The van der Waals surface area contributed by atoms with Gasteiger partial charge in [-0.1, -0.05) is 60.1 Å². The van der Waals surface area contributed by atoms with E-state index in [1.807, 2.05) is 60.7 Å². The van der Waals surface area contributed by atoms with Gasteiger partial charge in [0.15, 0.2) is 0 Å². The Balaban J connectivity index is 1.60. The molecular formula is C21H15ClN2O2. The summed E-state index contributed by atoms with van der Waals surface area (Å²) < 4.78 is 5.91. The minimum atomic E-state index is -0.474. The van der Waals surface area contributed by atoms with E-state index in [4.69, 9.17) is 16.3 Å². The summed E-state index contributed by atoms with van der Waals surface area (Å²) >= 11 is 5.87. The lowest BCUT2D eigenvalue weighted by atomic mass is 9.87. The fourth-order valence-corrected chi connectivity index (χ4v) is 3.10. The van der Waals surface area contributed by atoms with Crippen LogP contribution < -0.4 is 10.2 Å². The first-order valence-electron chi connectivity index (χ1n) is 8.16. The number of para-hydroxylation sites is 2. The van der Waals surface area contributed by atoms with Crippen molar-refractivity contribution in [1.82, 2.24) is 5.43 Å². The standard InChI is InChI=1S/C21H15ClN2O2/c22-15-11-9-14(10-12-15)13-23-24-21(25)20-16-5-1-3-7-18(16)26-19-8-4-2-6-17(19)20/h1-13,20H,(H,24,25). The van der Waals surface area contributed by atoms with Crippen molar-refractivity contribution >= 4 is 23.7 Å². The summed E-state index contributed by atoms with van der Waals surface area (Å²) in [6.07, 6.45) is 1.59. The van der Waals surface area contributed by atoms with Gasteiger partial charge in [0, 0.05) is 16.1 Å². The number of halogens is 1. The summed E-state index contributed by atoms with van der Waals surface area (Å²) in [6.45, 7) is 0.